The molecule has 174 valence electrons. The third kappa shape index (κ3) is 5.10. The Balaban J connectivity index is 1.34. The van der Waals surface area contributed by atoms with Crippen LogP contribution in [0.25, 0.3) is 6.08 Å². The van der Waals surface area contributed by atoms with Gasteiger partial charge < -0.3 is 14.7 Å². The number of carbonyl (C=O) groups excluding carboxylic acids is 1. The Hall–Kier alpha value is -4.35. The van der Waals surface area contributed by atoms with Crippen LogP contribution >= 0.6 is 0 Å². The van der Waals surface area contributed by atoms with Crippen LogP contribution in [0.4, 0.5) is 17.1 Å². The standard InChI is InChI=1S/C30H26N2O3/c33-29-28(35-30(34)31(29)21-20-23-10-4-1-5-11-23)22-24-16-18-27(19-17-24)32(25-12-6-2-7-13-25)26-14-8-3-9-15-26/h1-19,22,30,34H,20-21H2/b28-22+. The molecule has 0 spiro atoms. The summed E-state index contributed by atoms with van der Waals surface area (Å²) < 4.78 is 5.48. The zero-order valence-electron chi connectivity index (χ0n) is 19.2. The van der Waals surface area contributed by atoms with Gasteiger partial charge in [0.2, 0.25) is 0 Å². The Morgan fingerprint density at radius 3 is 1.83 bits per heavy atom. The van der Waals surface area contributed by atoms with Gasteiger partial charge in [0.15, 0.2) is 5.76 Å². The third-order valence-electron chi connectivity index (χ3n) is 5.93. The molecule has 1 saturated heterocycles. The van der Waals surface area contributed by atoms with Crippen LogP contribution < -0.4 is 4.90 Å². The van der Waals surface area contributed by atoms with Crippen molar-refractivity contribution in [2.75, 3.05) is 11.4 Å². The number of aliphatic hydroxyl groups is 1. The van der Waals surface area contributed by atoms with Crippen molar-refractivity contribution in [1.29, 1.82) is 0 Å². The molecule has 4 aromatic carbocycles. The van der Waals surface area contributed by atoms with Crippen LogP contribution in [0.2, 0.25) is 0 Å². The second kappa shape index (κ2) is 10.3. The van der Waals surface area contributed by atoms with Crippen molar-refractivity contribution >= 4 is 29.0 Å². The average molecular weight is 463 g/mol. The summed E-state index contributed by atoms with van der Waals surface area (Å²) in [6, 6.07) is 38.1. The summed E-state index contributed by atoms with van der Waals surface area (Å²) in [5, 5.41) is 10.3. The van der Waals surface area contributed by atoms with Crippen molar-refractivity contribution in [3.8, 4) is 0 Å². The Morgan fingerprint density at radius 1 is 0.743 bits per heavy atom. The van der Waals surface area contributed by atoms with Crippen molar-refractivity contribution in [2.45, 2.75) is 12.8 Å². The van der Waals surface area contributed by atoms with Gasteiger partial charge in [-0.25, -0.2) is 0 Å². The van der Waals surface area contributed by atoms with Crippen molar-refractivity contribution in [2.24, 2.45) is 0 Å². The van der Waals surface area contributed by atoms with E-state index in [2.05, 4.69) is 29.2 Å². The Labute approximate surface area is 205 Å². The molecule has 5 heteroatoms. The van der Waals surface area contributed by atoms with Gasteiger partial charge in [-0.05, 0) is 60.0 Å². The van der Waals surface area contributed by atoms with E-state index in [4.69, 9.17) is 4.74 Å². The minimum atomic E-state index is -1.27. The molecule has 1 N–H and O–H groups in total. The number of carbonyl (C=O) groups is 1. The predicted octanol–water partition coefficient (Wildman–Crippen LogP) is 5.87. The Bertz CT molecular complexity index is 1250. The molecule has 5 nitrogen and oxygen atoms in total. The van der Waals surface area contributed by atoms with E-state index in [0.29, 0.717) is 13.0 Å². The van der Waals surface area contributed by atoms with Crippen molar-refractivity contribution in [1.82, 2.24) is 4.90 Å². The number of benzene rings is 4. The van der Waals surface area contributed by atoms with E-state index in [1.807, 2.05) is 91.0 Å². The number of hydrogen-bond donors (Lipinski definition) is 1. The maximum atomic E-state index is 12.9. The van der Waals surface area contributed by atoms with Gasteiger partial charge in [0.05, 0.1) is 0 Å². The lowest BCUT2D eigenvalue weighted by Crippen LogP contribution is -2.35. The third-order valence-corrected chi connectivity index (χ3v) is 5.93. The first-order valence-corrected chi connectivity index (χ1v) is 11.6. The van der Waals surface area contributed by atoms with Crippen LogP contribution in [0.3, 0.4) is 0 Å². The summed E-state index contributed by atoms with van der Waals surface area (Å²) >= 11 is 0. The topological polar surface area (TPSA) is 53.0 Å². The predicted molar refractivity (Wildman–Crippen MR) is 138 cm³/mol. The summed E-state index contributed by atoms with van der Waals surface area (Å²) in [6.07, 6.45) is 1.04. The number of nitrogens with zero attached hydrogens (tertiary/aromatic N) is 2. The highest BCUT2D eigenvalue weighted by Crippen LogP contribution is 2.34. The monoisotopic (exact) mass is 462 g/mol. The van der Waals surface area contributed by atoms with E-state index in [9.17, 15) is 9.90 Å². The number of anilines is 3. The first-order chi connectivity index (χ1) is 17.2. The van der Waals surface area contributed by atoms with Crippen molar-refractivity contribution in [3.05, 3.63) is 132 Å². The molecule has 1 atom stereocenters. The fourth-order valence-corrected chi connectivity index (χ4v) is 4.14. The van der Waals surface area contributed by atoms with E-state index < -0.39 is 6.41 Å². The van der Waals surface area contributed by atoms with E-state index in [1.54, 1.807) is 6.08 Å². The Kier molecular flexibility index (Phi) is 6.59. The van der Waals surface area contributed by atoms with Gasteiger partial charge in [-0.3, -0.25) is 9.69 Å². The second-order valence-electron chi connectivity index (χ2n) is 8.28. The fourth-order valence-electron chi connectivity index (χ4n) is 4.14. The van der Waals surface area contributed by atoms with Crippen LogP contribution in [-0.4, -0.2) is 28.9 Å². The number of rotatable bonds is 7. The van der Waals surface area contributed by atoms with E-state index in [1.165, 1.54) is 4.90 Å². The zero-order chi connectivity index (χ0) is 24.0. The van der Waals surface area contributed by atoms with Crippen molar-refractivity contribution < 1.29 is 14.6 Å². The molecule has 1 aliphatic rings. The molecular formula is C30H26N2O3. The molecule has 0 radical (unpaired) electrons. The van der Waals surface area contributed by atoms with Crippen LogP contribution in [0.1, 0.15) is 11.1 Å². The molecule has 1 fully saturated rings. The molecule has 1 heterocycles. The second-order valence-corrected chi connectivity index (χ2v) is 8.28. The van der Waals surface area contributed by atoms with Crippen LogP contribution in [0.15, 0.2) is 121 Å². The van der Waals surface area contributed by atoms with E-state index in [0.717, 1.165) is 28.2 Å². The molecule has 0 aliphatic carbocycles. The lowest BCUT2D eigenvalue weighted by Gasteiger charge is -2.25. The maximum Gasteiger partial charge on any atom is 0.293 e. The van der Waals surface area contributed by atoms with Gasteiger partial charge >= 0.3 is 0 Å². The first kappa shape index (κ1) is 22.4. The van der Waals surface area contributed by atoms with Gasteiger partial charge in [0.1, 0.15) is 0 Å². The van der Waals surface area contributed by atoms with Crippen molar-refractivity contribution in [3.63, 3.8) is 0 Å². The fraction of sp³-hybridized carbons (Fsp3) is 0.100. The zero-order valence-corrected chi connectivity index (χ0v) is 19.2. The highest BCUT2D eigenvalue weighted by atomic mass is 16.6. The number of hydrogen-bond acceptors (Lipinski definition) is 4. The van der Waals surface area contributed by atoms with Gasteiger partial charge in [-0.15, -0.1) is 0 Å². The number of para-hydroxylation sites is 2. The largest absolute Gasteiger partial charge is 0.441 e. The van der Waals surface area contributed by atoms with Crippen LogP contribution in [-0.2, 0) is 16.0 Å². The molecular weight excluding hydrogens is 436 g/mol. The van der Waals surface area contributed by atoms with E-state index >= 15 is 0 Å². The molecule has 0 bridgehead atoms. The molecule has 1 unspecified atom stereocenters. The molecule has 1 aliphatic heterocycles. The molecule has 35 heavy (non-hydrogen) atoms. The minimum Gasteiger partial charge on any atom is -0.441 e. The highest BCUT2D eigenvalue weighted by molar-refractivity contribution is 5.97. The SMILES string of the molecule is O=C1/C(=C\c2ccc(N(c3ccccc3)c3ccccc3)cc2)OC(O)N1CCc1ccccc1. The summed E-state index contributed by atoms with van der Waals surface area (Å²) in [6.45, 7) is 0.378. The van der Waals surface area contributed by atoms with E-state index in [-0.39, 0.29) is 11.7 Å². The smallest absolute Gasteiger partial charge is 0.293 e. The summed E-state index contributed by atoms with van der Waals surface area (Å²) in [7, 11) is 0. The summed E-state index contributed by atoms with van der Waals surface area (Å²) in [5.41, 5.74) is 5.01. The molecule has 1 amide bonds. The first-order valence-electron chi connectivity index (χ1n) is 11.6. The van der Waals surface area contributed by atoms with Gasteiger partial charge in [0.25, 0.3) is 12.3 Å². The Morgan fingerprint density at radius 2 is 1.26 bits per heavy atom. The number of amides is 1. The molecule has 4 aromatic rings. The number of aliphatic hydroxyl groups excluding tert-OH is 1. The van der Waals surface area contributed by atoms with Crippen LogP contribution in [0.5, 0.6) is 0 Å². The highest BCUT2D eigenvalue weighted by Gasteiger charge is 2.35. The minimum absolute atomic E-state index is 0.140. The molecule has 5 rings (SSSR count). The van der Waals surface area contributed by atoms with Gasteiger partial charge in [-0.1, -0.05) is 78.9 Å². The maximum absolute atomic E-state index is 12.9. The van der Waals surface area contributed by atoms with Gasteiger partial charge in [0, 0.05) is 23.6 Å². The normalized spacial score (nSPS) is 16.4. The lowest BCUT2D eigenvalue weighted by atomic mass is 10.1. The van der Waals surface area contributed by atoms with Gasteiger partial charge in [-0.2, -0.15) is 0 Å². The molecule has 0 aromatic heterocycles. The van der Waals surface area contributed by atoms with Crippen LogP contribution in [0, 0.1) is 0 Å². The summed E-state index contributed by atoms with van der Waals surface area (Å²) in [5.74, 6) is -0.172. The number of ether oxygens (including phenoxy) is 1. The summed E-state index contributed by atoms with van der Waals surface area (Å²) in [4.78, 5) is 16.4. The quantitative estimate of drug-likeness (QED) is 0.349. The molecule has 0 saturated carbocycles. The average Bonchev–Trinajstić information content (AvgIpc) is 3.17. The lowest BCUT2D eigenvalue weighted by molar-refractivity contribution is -0.144.